The highest BCUT2D eigenvalue weighted by molar-refractivity contribution is 7.98. The number of hydrogen-bond donors (Lipinski definition) is 1. The van der Waals surface area contributed by atoms with Crippen LogP contribution in [0, 0.1) is 25.2 Å². The predicted octanol–water partition coefficient (Wildman–Crippen LogP) is 1.79. The molecule has 28 heavy (non-hydrogen) atoms. The molecular formula is C18H21N7O2S. The second-order valence-electron chi connectivity index (χ2n) is 6.46. The van der Waals surface area contributed by atoms with Gasteiger partial charge in [-0.3, -0.25) is 14.3 Å². The SMILES string of the molecule is CCCCn1c(=O)[nH]c(=O)c2c1nc(CSc1nc(C)nc(C)c1C#N)n2C. The molecule has 9 nitrogen and oxygen atoms in total. The third-order valence-electron chi connectivity index (χ3n) is 4.46. The van der Waals surface area contributed by atoms with Crippen molar-refractivity contribution >= 4 is 22.9 Å². The Hall–Kier alpha value is -2.93. The zero-order valence-electron chi connectivity index (χ0n) is 16.2. The van der Waals surface area contributed by atoms with E-state index in [9.17, 15) is 14.9 Å². The second-order valence-corrected chi connectivity index (χ2v) is 7.42. The minimum atomic E-state index is -0.453. The zero-order chi connectivity index (χ0) is 20.4. The van der Waals surface area contributed by atoms with E-state index in [1.54, 1.807) is 25.5 Å². The number of unbranched alkanes of at least 4 members (excludes halogenated alkanes) is 1. The Morgan fingerprint density at radius 3 is 2.64 bits per heavy atom. The molecule has 146 valence electrons. The van der Waals surface area contributed by atoms with Crippen molar-refractivity contribution in [1.29, 1.82) is 5.26 Å². The lowest BCUT2D eigenvalue weighted by atomic mass is 10.3. The van der Waals surface area contributed by atoms with Gasteiger partial charge < -0.3 is 4.57 Å². The fraction of sp³-hybridized carbons (Fsp3) is 0.444. The molecule has 0 atom stereocenters. The maximum absolute atomic E-state index is 12.3. The number of hydrogen-bond acceptors (Lipinski definition) is 7. The lowest BCUT2D eigenvalue weighted by Gasteiger charge is -2.06. The summed E-state index contributed by atoms with van der Waals surface area (Å²) in [4.78, 5) is 40.1. The first-order valence-corrected chi connectivity index (χ1v) is 9.92. The standard InChI is InChI=1S/C18H21N7O2S/c1-5-6-7-25-15-14(16(26)23-18(25)27)24(4)13(22-15)9-28-17-12(8-19)10(2)20-11(3)21-17/h5-7,9H2,1-4H3,(H,23,26,27). The van der Waals surface area contributed by atoms with Crippen LogP contribution in [0.3, 0.4) is 0 Å². The highest BCUT2D eigenvalue weighted by Crippen LogP contribution is 2.26. The molecule has 0 aliphatic rings. The van der Waals surface area contributed by atoms with Crippen LogP contribution in [0.4, 0.5) is 0 Å². The number of aromatic nitrogens is 6. The molecular weight excluding hydrogens is 378 g/mol. The van der Waals surface area contributed by atoms with E-state index < -0.39 is 11.2 Å². The van der Waals surface area contributed by atoms with Crippen LogP contribution >= 0.6 is 11.8 Å². The summed E-state index contributed by atoms with van der Waals surface area (Å²) in [7, 11) is 1.75. The van der Waals surface area contributed by atoms with Crippen molar-refractivity contribution < 1.29 is 0 Å². The van der Waals surface area contributed by atoms with Gasteiger partial charge in [-0.05, 0) is 20.3 Å². The van der Waals surface area contributed by atoms with Gasteiger partial charge in [-0.15, -0.1) is 0 Å². The lowest BCUT2D eigenvalue weighted by molar-refractivity contribution is 0.613. The molecule has 3 aromatic heterocycles. The first kappa shape index (κ1) is 19.8. The van der Waals surface area contributed by atoms with Crippen LogP contribution in [0.25, 0.3) is 11.2 Å². The number of nitriles is 1. The van der Waals surface area contributed by atoms with Crippen LogP contribution in [-0.2, 0) is 19.3 Å². The van der Waals surface area contributed by atoms with Gasteiger partial charge in [-0.1, -0.05) is 25.1 Å². The van der Waals surface area contributed by atoms with Gasteiger partial charge in [0, 0.05) is 13.6 Å². The minimum absolute atomic E-state index is 0.363. The van der Waals surface area contributed by atoms with Crippen molar-refractivity contribution in [3.8, 4) is 6.07 Å². The van der Waals surface area contributed by atoms with Gasteiger partial charge in [-0.2, -0.15) is 5.26 Å². The van der Waals surface area contributed by atoms with E-state index in [4.69, 9.17) is 0 Å². The molecule has 0 amide bonds. The number of aryl methyl sites for hydroxylation is 4. The van der Waals surface area contributed by atoms with E-state index in [2.05, 4.69) is 26.0 Å². The first-order valence-electron chi connectivity index (χ1n) is 8.93. The van der Waals surface area contributed by atoms with Crippen LogP contribution < -0.4 is 11.2 Å². The molecule has 0 bridgehead atoms. The summed E-state index contributed by atoms with van der Waals surface area (Å²) in [6.07, 6.45) is 1.73. The molecule has 0 aliphatic heterocycles. The quantitative estimate of drug-likeness (QED) is 0.495. The summed E-state index contributed by atoms with van der Waals surface area (Å²) in [6, 6.07) is 2.14. The Morgan fingerprint density at radius 1 is 1.21 bits per heavy atom. The molecule has 3 heterocycles. The average Bonchev–Trinajstić information content (AvgIpc) is 2.96. The summed E-state index contributed by atoms with van der Waals surface area (Å²) >= 11 is 1.36. The van der Waals surface area contributed by atoms with Crippen LogP contribution in [0.15, 0.2) is 14.6 Å². The van der Waals surface area contributed by atoms with Crippen LogP contribution in [0.1, 0.15) is 42.7 Å². The number of thioether (sulfide) groups is 1. The lowest BCUT2D eigenvalue weighted by Crippen LogP contribution is -2.31. The monoisotopic (exact) mass is 399 g/mol. The third-order valence-corrected chi connectivity index (χ3v) is 5.43. The first-order chi connectivity index (χ1) is 13.4. The minimum Gasteiger partial charge on any atom is -0.325 e. The molecule has 0 unspecified atom stereocenters. The van der Waals surface area contributed by atoms with E-state index >= 15 is 0 Å². The summed E-state index contributed by atoms with van der Waals surface area (Å²) in [5.74, 6) is 1.62. The number of H-pyrrole nitrogens is 1. The Bertz CT molecular complexity index is 1200. The molecule has 0 saturated carbocycles. The van der Waals surface area contributed by atoms with Gasteiger partial charge in [0.2, 0.25) is 0 Å². The normalized spacial score (nSPS) is 11.1. The molecule has 0 spiro atoms. The Kier molecular flexibility index (Phi) is 5.65. The average molecular weight is 399 g/mol. The van der Waals surface area contributed by atoms with E-state index in [1.807, 2.05) is 6.92 Å². The molecule has 0 saturated heterocycles. The van der Waals surface area contributed by atoms with Crippen molar-refractivity contribution in [3.63, 3.8) is 0 Å². The van der Waals surface area contributed by atoms with E-state index in [0.717, 1.165) is 12.8 Å². The predicted molar refractivity (Wildman–Crippen MR) is 106 cm³/mol. The fourth-order valence-corrected chi connectivity index (χ4v) is 4.05. The number of nitrogens with zero attached hydrogens (tertiary/aromatic N) is 6. The van der Waals surface area contributed by atoms with Gasteiger partial charge >= 0.3 is 5.69 Å². The maximum Gasteiger partial charge on any atom is 0.330 e. The van der Waals surface area contributed by atoms with Gasteiger partial charge in [0.1, 0.15) is 28.3 Å². The Labute approximate surface area is 165 Å². The van der Waals surface area contributed by atoms with Crippen molar-refractivity contribution in [3.05, 3.63) is 43.7 Å². The number of nitrogens with one attached hydrogen (secondary N) is 1. The third kappa shape index (κ3) is 3.57. The summed E-state index contributed by atoms with van der Waals surface area (Å²) in [5, 5.41) is 9.97. The molecule has 0 fully saturated rings. The number of fused-ring (bicyclic) bond motifs is 1. The topological polar surface area (TPSA) is 122 Å². The van der Waals surface area contributed by atoms with Crippen LogP contribution in [-0.4, -0.2) is 29.1 Å². The summed E-state index contributed by atoms with van der Waals surface area (Å²) in [5.41, 5.74) is 0.916. The van der Waals surface area contributed by atoms with E-state index in [1.165, 1.54) is 16.3 Å². The number of imidazole rings is 1. The van der Waals surface area contributed by atoms with Crippen LogP contribution in [0.5, 0.6) is 0 Å². The van der Waals surface area contributed by atoms with Gasteiger partial charge in [-0.25, -0.2) is 19.7 Å². The Morgan fingerprint density at radius 2 is 1.96 bits per heavy atom. The summed E-state index contributed by atoms with van der Waals surface area (Å²) < 4.78 is 3.20. The molecule has 0 aromatic carbocycles. The van der Waals surface area contributed by atoms with Crippen molar-refractivity contribution in [1.82, 2.24) is 29.1 Å². The largest absolute Gasteiger partial charge is 0.330 e. The molecule has 10 heteroatoms. The van der Waals surface area contributed by atoms with Gasteiger partial charge in [0.05, 0.1) is 11.4 Å². The van der Waals surface area contributed by atoms with Crippen molar-refractivity contribution in [2.24, 2.45) is 7.05 Å². The number of aromatic amines is 1. The smallest absolute Gasteiger partial charge is 0.325 e. The van der Waals surface area contributed by atoms with Crippen molar-refractivity contribution in [2.75, 3.05) is 0 Å². The molecule has 0 aliphatic carbocycles. The maximum atomic E-state index is 12.3. The van der Waals surface area contributed by atoms with Gasteiger partial charge in [0.15, 0.2) is 11.2 Å². The molecule has 3 rings (SSSR count). The molecule has 3 aromatic rings. The van der Waals surface area contributed by atoms with Gasteiger partial charge in [0.25, 0.3) is 5.56 Å². The Balaban J connectivity index is 2.03. The highest BCUT2D eigenvalue weighted by Gasteiger charge is 2.18. The summed E-state index contributed by atoms with van der Waals surface area (Å²) in [6.45, 7) is 6.08. The number of rotatable bonds is 6. The van der Waals surface area contributed by atoms with Crippen molar-refractivity contribution in [2.45, 2.75) is 50.9 Å². The fourth-order valence-electron chi connectivity index (χ4n) is 2.99. The van der Waals surface area contributed by atoms with E-state index in [0.29, 0.717) is 51.4 Å². The highest BCUT2D eigenvalue weighted by atomic mass is 32.2. The van der Waals surface area contributed by atoms with Crippen LogP contribution in [0.2, 0.25) is 0 Å². The van der Waals surface area contributed by atoms with E-state index in [-0.39, 0.29) is 0 Å². The zero-order valence-corrected chi connectivity index (χ0v) is 17.1. The molecule has 0 radical (unpaired) electrons. The molecule has 1 N–H and O–H groups in total. The second kappa shape index (κ2) is 7.98.